The van der Waals surface area contributed by atoms with Crippen LogP contribution in [0.25, 0.3) is 0 Å². The summed E-state index contributed by atoms with van der Waals surface area (Å²) >= 11 is 7.43. The van der Waals surface area contributed by atoms with Crippen LogP contribution in [0.2, 0.25) is 4.34 Å². The van der Waals surface area contributed by atoms with Crippen LogP contribution in [-0.4, -0.2) is 18.5 Å². The van der Waals surface area contributed by atoms with Crippen LogP contribution >= 0.6 is 22.9 Å². The molecule has 1 aliphatic rings. The van der Waals surface area contributed by atoms with Crippen LogP contribution in [0.3, 0.4) is 0 Å². The number of hydrogen-bond donors (Lipinski definition) is 2. The van der Waals surface area contributed by atoms with Crippen molar-refractivity contribution in [3.63, 3.8) is 0 Å². The maximum Gasteiger partial charge on any atom is 0.223 e. The molecule has 1 aromatic rings. The smallest absolute Gasteiger partial charge is 0.223 e. The Balaban J connectivity index is 1.90. The van der Waals surface area contributed by atoms with Gasteiger partial charge in [-0.25, -0.2) is 0 Å². The number of hydrogen-bond acceptors (Lipinski definition) is 3. The van der Waals surface area contributed by atoms with E-state index in [-0.39, 0.29) is 17.9 Å². The van der Waals surface area contributed by atoms with Gasteiger partial charge in [0.2, 0.25) is 5.91 Å². The molecule has 0 saturated carbocycles. The van der Waals surface area contributed by atoms with Crippen molar-refractivity contribution in [1.82, 2.24) is 10.6 Å². The highest BCUT2D eigenvalue weighted by Gasteiger charge is 2.25. The van der Waals surface area contributed by atoms with Gasteiger partial charge in [-0.15, -0.1) is 11.3 Å². The average Bonchev–Trinajstić information content (AvgIpc) is 2.76. The van der Waals surface area contributed by atoms with Crippen molar-refractivity contribution in [3.8, 4) is 0 Å². The molecule has 3 nitrogen and oxygen atoms in total. The molecule has 1 saturated heterocycles. The van der Waals surface area contributed by atoms with E-state index in [1.807, 2.05) is 19.1 Å². The van der Waals surface area contributed by atoms with E-state index in [0.29, 0.717) is 6.04 Å². The Labute approximate surface area is 117 Å². The number of nitrogens with one attached hydrogen (secondary N) is 2. The van der Waals surface area contributed by atoms with Crippen LogP contribution in [0.5, 0.6) is 0 Å². The van der Waals surface area contributed by atoms with Gasteiger partial charge in [-0.2, -0.15) is 0 Å². The van der Waals surface area contributed by atoms with Gasteiger partial charge in [-0.05, 0) is 45.4 Å². The van der Waals surface area contributed by atoms with E-state index in [1.165, 1.54) is 11.3 Å². The van der Waals surface area contributed by atoms with E-state index in [4.69, 9.17) is 11.6 Å². The molecule has 2 rings (SSSR count). The second kappa shape index (κ2) is 6.04. The summed E-state index contributed by atoms with van der Waals surface area (Å²) in [6.45, 7) is 5.06. The van der Waals surface area contributed by atoms with Gasteiger partial charge in [0.15, 0.2) is 0 Å². The molecule has 3 atom stereocenters. The van der Waals surface area contributed by atoms with Crippen LogP contribution in [0, 0.1) is 5.92 Å². The van der Waals surface area contributed by atoms with Gasteiger partial charge in [0.25, 0.3) is 0 Å². The number of rotatable bonds is 3. The molecule has 0 radical (unpaired) electrons. The number of carbonyl (C=O) groups excluding carboxylic acids is 1. The lowest BCUT2D eigenvalue weighted by molar-refractivity contribution is -0.126. The zero-order valence-electron chi connectivity index (χ0n) is 10.7. The van der Waals surface area contributed by atoms with Gasteiger partial charge in [-0.1, -0.05) is 11.6 Å². The van der Waals surface area contributed by atoms with Crippen molar-refractivity contribution in [2.24, 2.45) is 5.92 Å². The van der Waals surface area contributed by atoms with Crippen LogP contribution in [0.1, 0.15) is 37.6 Å². The Kier molecular flexibility index (Phi) is 4.65. The third-order valence-corrected chi connectivity index (χ3v) is 4.79. The lowest BCUT2D eigenvalue weighted by Gasteiger charge is -2.28. The third-order valence-electron chi connectivity index (χ3n) is 3.37. The second-order valence-corrected chi connectivity index (χ2v) is 6.70. The van der Waals surface area contributed by atoms with Gasteiger partial charge in [0.1, 0.15) is 0 Å². The predicted octanol–water partition coefficient (Wildman–Crippen LogP) is 2.97. The highest BCUT2D eigenvalue weighted by atomic mass is 35.5. The minimum atomic E-state index is 0.0418. The predicted molar refractivity (Wildman–Crippen MR) is 76.1 cm³/mol. The lowest BCUT2D eigenvalue weighted by atomic mass is 9.92. The molecule has 5 heteroatoms. The first-order chi connectivity index (χ1) is 8.56. The van der Waals surface area contributed by atoms with E-state index >= 15 is 0 Å². The van der Waals surface area contributed by atoms with Gasteiger partial charge in [0, 0.05) is 16.8 Å². The minimum Gasteiger partial charge on any atom is -0.349 e. The average molecular weight is 287 g/mol. The fraction of sp³-hybridized carbons (Fsp3) is 0.615. The first-order valence-electron chi connectivity index (χ1n) is 6.35. The van der Waals surface area contributed by atoms with Crippen molar-refractivity contribution in [2.75, 3.05) is 6.54 Å². The summed E-state index contributed by atoms with van der Waals surface area (Å²) in [5.41, 5.74) is 0. The normalized spacial score (nSPS) is 25.7. The first-order valence-corrected chi connectivity index (χ1v) is 7.54. The molecule has 18 heavy (non-hydrogen) atoms. The number of thiophene rings is 1. The zero-order valence-corrected chi connectivity index (χ0v) is 12.3. The second-order valence-electron chi connectivity index (χ2n) is 4.95. The molecule has 2 heterocycles. The van der Waals surface area contributed by atoms with Gasteiger partial charge >= 0.3 is 0 Å². The number of halogens is 1. The molecule has 1 amide bonds. The topological polar surface area (TPSA) is 41.1 Å². The van der Waals surface area contributed by atoms with Crippen molar-refractivity contribution in [1.29, 1.82) is 0 Å². The number of amides is 1. The first kappa shape index (κ1) is 13.8. The summed E-state index contributed by atoms with van der Waals surface area (Å²) in [6.07, 6.45) is 1.85. The van der Waals surface area contributed by atoms with E-state index in [0.717, 1.165) is 28.6 Å². The molecule has 0 bridgehead atoms. The maximum absolute atomic E-state index is 12.2. The largest absolute Gasteiger partial charge is 0.349 e. The Morgan fingerprint density at radius 2 is 2.39 bits per heavy atom. The van der Waals surface area contributed by atoms with E-state index < -0.39 is 0 Å². The molecular weight excluding hydrogens is 268 g/mol. The highest BCUT2D eigenvalue weighted by molar-refractivity contribution is 7.16. The molecule has 3 unspecified atom stereocenters. The van der Waals surface area contributed by atoms with Crippen molar-refractivity contribution in [2.45, 2.75) is 38.8 Å². The quantitative estimate of drug-likeness (QED) is 0.897. The molecule has 0 aliphatic carbocycles. The Bertz CT molecular complexity index is 421. The zero-order chi connectivity index (χ0) is 13.1. The lowest BCUT2D eigenvalue weighted by Crippen LogP contribution is -2.42. The standard InChI is InChI=1S/C13H19ClN2OS/c1-8-7-10(5-6-15-8)13(17)16-9(2)11-3-4-12(14)18-11/h3-4,8-10,15H,5-7H2,1-2H3,(H,16,17). The highest BCUT2D eigenvalue weighted by Crippen LogP contribution is 2.27. The summed E-state index contributed by atoms with van der Waals surface area (Å²) in [6, 6.07) is 4.32. The minimum absolute atomic E-state index is 0.0418. The summed E-state index contributed by atoms with van der Waals surface area (Å²) < 4.78 is 0.765. The molecule has 100 valence electrons. The van der Waals surface area contributed by atoms with Gasteiger partial charge < -0.3 is 10.6 Å². The summed E-state index contributed by atoms with van der Waals surface area (Å²) in [4.78, 5) is 13.3. The summed E-state index contributed by atoms with van der Waals surface area (Å²) in [7, 11) is 0. The van der Waals surface area contributed by atoms with Crippen LogP contribution in [0.4, 0.5) is 0 Å². The van der Waals surface area contributed by atoms with E-state index in [1.54, 1.807) is 0 Å². The molecular formula is C13H19ClN2OS. The third kappa shape index (κ3) is 3.46. The molecule has 1 fully saturated rings. The van der Waals surface area contributed by atoms with E-state index in [2.05, 4.69) is 17.6 Å². The molecule has 1 aromatic heterocycles. The fourth-order valence-electron chi connectivity index (χ4n) is 2.33. The maximum atomic E-state index is 12.2. The Morgan fingerprint density at radius 1 is 1.61 bits per heavy atom. The van der Waals surface area contributed by atoms with Crippen LogP contribution < -0.4 is 10.6 Å². The molecule has 0 spiro atoms. The monoisotopic (exact) mass is 286 g/mol. The molecule has 1 aliphatic heterocycles. The van der Waals surface area contributed by atoms with Crippen LogP contribution in [-0.2, 0) is 4.79 Å². The Morgan fingerprint density at radius 3 is 3.00 bits per heavy atom. The fourth-order valence-corrected chi connectivity index (χ4v) is 3.40. The Hall–Kier alpha value is -0.580. The van der Waals surface area contributed by atoms with E-state index in [9.17, 15) is 4.79 Å². The summed E-state index contributed by atoms with van der Waals surface area (Å²) in [5.74, 6) is 0.305. The molecule has 0 aromatic carbocycles. The summed E-state index contributed by atoms with van der Waals surface area (Å²) in [5, 5.41) is 6.44. The van der Waals surface area contributed by atoms with Crippen LogP contribution in [0.15, 0.2) is 12.1 Å². The number of piperidine rings is 1. The van der Waals surface area contributed by atoms with Crippen molar-refractivity contribution in [3.05, 3.63) is 21.3 Å². The van der Waals surface area contributed by atoms with Crippen molar-refractivity contribution < 1.29 is 4.79 Å². The van der Waals surface area contributed by atoms with Crippen molar-refractivity contribution >= 4 is 28.8 Å². The SMILES string of the molecule is CC1CC(C(=O)NC(C)c2ccc(Cl)s2)CCN1. The number of carbonyl (C=O) groups is 1. The molecule has 2 N–H and O–H groups in total. The van der Waals surface area contributed by atoms with Gasteiger partial charge in [-0.3, -0.25) is 4.79 Å². The van der Waals surface area contributed by atoms with Gasteiger partial charge in [0.05, 0.1) is 10.4 Å².